The van der Waals surface area contributed by atoms with E-state index < -0.39 is 0 Å². The average Bonchev–Trinajstić information content (AvgIpc) is 2.65. The van der Waals surface area contributed by atoms with Gasteiger partial charge in [-0.3, -0.25) is 0 Å². The molecule has 0 unspecified atom stereocenters. The molecule has 0 aromatic heterocycles. The molecule has 0 saturated heterocycles. The van der Waals surface area contributed by atoms with E-state index in [2.05, 4.69) is 19.1 Å². The molecular formula is C22H38O3. The average molecular weight is 351 g/mol. The van der Waals surface area contributed by atoms with Gasteiger partial charge in [0.25, 0.3) is 0 Å². The summed E-state index contributed by atoms with van der Waals surface area (Å²) in [5.41, 5.74) is 1.26. The smallest absolute Gasteiger partial charge is 0.203 e. The van der Waals surface area contributed by atoms with Crippen LogP contribution in [0.5, 0.6) is 17.2 Å². The molecule has 0 atom stereocenters. The maximum Gasteiger partial charge on any atom is 0.203 e. The Morgan fingerprint density at radius 1 is 0.600 bits per heavy atom. The Bertz CT molecular complexity index is 432. The molecule has 3 heteroatoms. The van der Waals surface area contributed by atoms with Gasteiger partial charge in [-0.05, 0) is 30.5 Å². The molecule has 0 aliphatic carbocycles. The third-order valence-electron chi connectivity index (χ3n) is 4.79. The van der Waals surface area contributed by atoms with Crippen molar-refractivity contribution in [2.24, 2.45) is 0 Å². The topological polar surface area (TPSA) is 27.7 Å². The summed E-state index contributed by atoms with van der Waals surface area (Å²) in [7, 11) is 4.98. The molecule has 0 N–H and O–H groups in total. The van der Waals surface area contributed by atoms with E-state index in [0.717, 1.165) is 17.9 Å². The van der Waals surface area contributed by atoms with Gasteiger partial charge in [0.15, 0.2) is 11.5 Å². The van der Waals surface area contributed by atoms with Crippen LogP contribution in [0.25, 0.3) is 0 Å². The molecule has 0 spiro atoms. The van der Waals surface area contributed by atoms with Crippen LogP contribution in [0.15, 0.2) is 12.1 Å². The summed E-state index contributed by atoms with van der Waals surface area (Å²) in [6, 6.07) is 4.13. The number of aryl methyl sites for hydroxylation is 1. The van der Waals surface area contributed by atoms with Crippen molar-refractivity contribution in [2.75, 3.05) is 21.3 Å². The second kappa shape index (κ2) is 13.9. The molecule has 1 aromatic carbocycles. The molecule has 0 aliphatic rings. The fourth-order valence-corrected chi connectivity index (χ4v) is 3.27. The molecular weight excluding hydrogens is 312 g/mol. The van der Waals surface area contributed by atoms with Gasteiger partial charge in [-0.15, -0.1) is 0 Å². The molecule has 1 aromatic rings. The third-order valence-corrected chi connectivity index (χ3v) is 4.79. The van der Waals surface area contributed by atoms with Crippen LogP contribution in [0, 0.1) is 0 Å². The van der Waals surface area contributed by atoms with Gasteiger partial charge in [0.1, 0.15) is 0 Å². The summed E-state index contributed by atoms with van der Waals surface area (Å²) >= 11 is 0. The second-order valence-electron chi connectivity index (χ2n) is 6.82. The highest BCUT2D eigenvalue weighted by Gasteiger charge is 2.12. The lowest BCUT2D eigenvalue weighted by Gasteiger charge is -2.14. The third kappa shape index (κ3) is 8.51. The van der Waals surface area contributed by atoms with Crippen LogP contribution in [0.2, 0.25) is 0 Å². The van der Waals surface area contributed by atoms with E-state index >= 15 is 0 Å². The summed E-state index contributed by atoms with van der Waals surface area (Å²) in [4.78, 5) is 0. The molecule has 0 radical (unpaired) electrons. The van der Waals surface area contributed by atoms with Crippen molar-refractivity contribution < 1.29 is 14.2 Å². The zero-order chi connectivity index (χ0) is 18.3. The first-order valence-corrected chi connectivity index (χ1v) is 10.1. The van der Waals surface area contributed by atoms with Crippen molar-refractivity contribution in [1.29, 1.82) is 0 Å². The summed E-state index contributed by atoms with van der Waals surface area (Å²) in [6.45, 7) is 2.28. The van der Waals surface area contributed by atoms with E-state index in [9.17, 15) is 0 Å². The molecule has 25 heavy (non-hydrogen) atoms. The first kappa shape index (κ1) is 21.7. The van der Waals surface area contributed by atoms with Crippen LogP contribution in [-0.4, -0.2) is 21.3 Å². The first-order chi connectivity index (χ1) is 12.3. The SMILES string of the molecule is CCCCCCCCCCCCCc1cc(OC)c(OC)c(OC)c1. The van der Waals surface area contributed by atoms with Crippen molar-refractivity contribution in [3.05, 3.63) is 17.7 Å². The molecule has 0 fully saturated rings. The lowest BCUT2D eigenvalue weighted by molar-refractivity contribution is 0.323. The molecule has 0 amide bonds. The first-order valence-electron chi connectivity index (χ1n) is 10.1. The van der Waals surface area contributed by atoms with Crippen molar-refractivity contribution in [1.82, 2.24) is 0 Å². The summed E-state index contributed by atoms with van der Waals surface area (Å²) in [5.74, 6) is 2.17. The van der Waals surface area contributed by atoms with Gasteiger partial charge in [0.2, 0.25) is 5.75 Å². The Hall–Kier alpha value is -1.38. The molecule has 0 aliphatic heterocycles. The fraction of sp³-hybridized carbons (Fsp3) is 0.727. The quantitative estimate of drug-likeness (QED) is 0.335. The van der Waals surface area contributed by atoms with Gasteiger partial charge in [-0.1, -0.05) is 71.1 Å². The van der Waals surface area contributed by atoms with E-state index in [1.807, 2.05) is 0 Å². The number of ether oxygens (including phenoxy) is 3. The minimum Gasteiger partial charge on any atom is -0.493 e. The van der Waals surface area contributed by atoms with E-state index in [-0.39, 0.29) is 0 Å². The highest BCUT2D eigenvalue weighted by Crippen LogP contribution is 2.38. The minimum absolute atomic E-state index is 0.674. The van der Waals surface area contributed by atoms with Crippen LogP contribution in [0.3, 0.4) is 0 Å². The van der Waals surface area contributed by atoms with Crippen molar-refractivity contribution in [2.45, 2.75) is 84.0 Å². The zero-order valence-corrected chi connectivity index (χ0v) is 16.9. The molecule has 0 heterocycles. The normalized spacial score (nSPS) is 10.7. The van der Waals surface area contributed by atoms with Gasteiger partial charge in [0, 0.05) is 0 Å². The summed E-state index contributed by atoms with van der Waals surface area (Å²) < 4.78 is 16.2. The van der Waals surface area contributed by atoms with E-state index in [0.29, 0.717) is 5.75 Å². The Kier molecular flexibility index (Phi) is 12.0. The predicted octanol–water partition coefficient (Wildman–Crippen LogP) is 6.57. The van der Waals surface area contributed by atoms with Crippen LogP contribution in [0.4, 0.5) is 0 Å². The Morgan fingerprint density at radius 3 is 1.44 bits per heavy atom. The molecule has 0 bridgehead atoms. The summed E-state index contributed by atoms with van der Waals surface area (Å²) in [5, 5.41) is 0. The largest absolute Gasteiger partial charge is 0.493 e. The second-order valence-corrected chi connectivity index (χ2v) is 6.82. The number of hydrogen-bond donors (Lipinski definition) is 0. The van der Waals surface area contributed by atoms with Gasteiger partial charge in [0.05, 0.1) is 21.3 Å². The van der Waals surface area contributed by atoms with Crippen LogP contribution < -0.4 is 14.2 Å². The number of unbranched alkanes of at least 4 members (excludes halogenated alkanes) is 10. The minimum atomic E-state index is 0.674. The van der Waals surface area contributed by atoms with E-state index in [1.54, 1.807) is 21.3 Å². The Balaban J connectivity index is 2.19. The molecule has 3 nitrogen and oxygen atoms in total. The summed E-state index contributed by atoms with van der Waals surface area (Å²) in [6.07, 6.45) is 16.1. The number of benzene rings is 1. The van der Waals surface area contributed by atoms with Gasteiger partial charge in [-0.25, -0.2) is 0 Å². The van der Waals surface area contributed by atoms with Crippen LogP contribution >= 0.6 is 0 Å². The molecule has 1 rings (SSSR count). The molecule has 0 saturated carbocycles. The lowest BCUT2D eigenvalue weighted by atomic mass is 10.0. The van der Waals surface area contributed by atoms with Crippen molar-refractivity contribution >= 4 is 0 Å². The van der Waals surface area contributed by atoms with Gasteiger partial charge in [-0.2, -0.15) is 0 Å². The van der Waals surface area contributed by atoms with Gasteiger partial charge < -0.3 is 14.2 Å². The zero-order valence-electron chi connectivity index (χ0n) is 16.9. The predicted molar refractivity (Wildman–Crippen MR) is 106 cm³/mol. The molecule has 144 valence electrons. The standard InChI is InChI=1S/C22H38O3/c1-5-6-7-8-9-10-11-12-13-14-15-16-19-17-20(23-2)22(25-4)21(18-19)24-3/h17-18H,5-16H2,1-4H3. The van der Waals surface area contributed by atoms with Crippen molar-refractivity contribution in [3.8, 4) is 17.2 Å². The monoisotopic (exact) mass is 350 g/mol. The number of rotatable bonds is 15. The highest BCUT2D eigenvalue weighted by atomic mass is 16.5. The maximum absolute atomic E-state index is 5.42. The highest BCUT2D eigenvalue weighted by molar-refractivity contribution is 5.53. The van der Waals surface area contributed by atoms with Crippen molar-refractivity contribution in [3.63, 3.8) is 0 Å². The number of hydrogen-bond acceptors (Lipinski definition) is 3. The number of methoxy groups -OCH3 is 3. The van der Waals surface area contributed by atoms with E-state index in [4.69, 9.17) is 14.2 Å². The van der Waals surface area contributed by atoms with Crippen LogP contribution in [0.1, 0.15) is 83.1 Å². The fourth-order valence-electron chi connectivity index (χ4n) is 3.27. The maximum atomic E-state index is 5.42. The lowest BCUT2D eigenvalue weighted by Crippen LogP contribution is -1.97. The van der Waals surface area contributed by atoms with Crippen LogP contribution in [-0.2, 0) is 6.42 Å². The Labute approximate surface area is 155 Å². The Morgan fingerprint density at radius 2 is 1.04 bits per heavy atom. The van der Waals surface area contributed by atoms with E-state index in [1.165, 1.54) is 76.2 Å². The van der Waals surface area contributed by atoms with Gasteiger partial charge >= 0.3 is 0 Å².